The summed E-state index contributed by atoms with van der Waals surface area (Å²) in [6.07, 6.45) is 7.41. The summed E-state index contributed by atoms with van der Waals surface area (Å²) in [5, 5.41) is 6.79. The van der Waals surface area contributed by atoms with Crippen LogP contribution in [0.1, 0.15) is 60.3 Å². The van der Waals surface area contributed by atoms with Gasteiger partial charge in [-0.2, -0.15) is 5.10 Å². The molecule has 0 aromatic heterocycles. The van der Waals surface area contributed by atoms with E-state index in [4.69, 9.17) is 0 Å². The Balaban J connectivity index is 2.67. The van der Waals surface area contributed by atoms with Gasteiger partial charge in [0.2, 0.25) is 0 Å². The number of hydrogen-bond donors (Lipinski definition) is 0. The summed E-state index contributed by atoms with van der Waals surface area (Å²) >= 11 is 0. The molecule has 3 heteroatoms. The van der Waals surface area contributed by atoms with Gasteiger partial charge in [0.15, 0.2) is 0 Å². The third kappa shape index (κ3) is 3.13. The number of rotatable bonds is 5. The van der Waals surface area contributed by atoms with Gasteiger partial charge in [-0.1, -0.05) is 20.3 Å². The van der Waals surface area contributed by atoms with Crippen molar-refractivity contribution in [3.05, 3.63) is 0 Å². The average Bonchev–Trinajstić information content (AvgIpc) is 2.58. The second kappa shape index (κ2) is 5.55. The van der Waals surface area contributed by atoms with Crippen molar-refractivity contribution in [3.8, 4) is 0 Å². The Kier molecular flexibility index (Phi) is 4.63. The van der Waals surface area contributed by atoms with Crippen molar-refractivity contribution in [2.45, 2.75) is 72.0 Å². The first-order valence-corrected chi connectivity index (χ1v) is 6.60. The van der Waals surface area contributed by atoms with Gasteiger partial charge < -0.3 is 4.90 Å². The number of hydrogen-bond acceptors (Lipinski definition) is 3. The molecule has 0 saturated carbocycles. The highest BCUT2D eigenvalue weighted by Gasteiger charge is 2.33. The number of unbranched alkanes of at least 4 members (excludes halogenated alkanes) is 1. The van der Waals surface area contributed by atoms with E-state index in [1.54, 1.807) is 0 Å². The van der Waals surface area contributed by atoms with Crippen LogP contribution in [-0.4, -0.2) is 34.5 Å². The zero-order chi connectivity index (χ0) is 12.2. The lowest BCUT2D eigenvalue weighted by atomic mass is 10.0. The highest BCUT2D eigenvalue weighted by molar-refractivity contribution is 5.58. The molecule has 1 unspecified atom stereocenters. The Morgan fingerprint density at radius 2 is 1.88 bits per heavy atom. The van der Waals surface area contributed by atoms with Crippen molar-refractivity contribution >= 4 is 6.34 Å². The van der Waals surface area contributed by atoms with Crippen LogP contribution in [0.3, 0.4) is 0 Å². The Hall–Kier alpha value is -0.730. The summed E-state index contributed by atoms with van der Waals surface area (Å²) in [5.74, 6) is 0. The minimum atomic E-state index is 0.171. The molecule has 3 nitrogen and oxygen atoms in total. The molecule has 0 radical (unpaired) electrons. The van der Waals surface area contributed by atoms with Gasteiger partial charge in [0, 0.05) is 12.1 Å². The lowest BCUT2D eigenvalue weighted by molar-refractivity contribution is 0.0675. The van der Waals surface area contributed by atoms with Gasteiger partial charge >= 0.3 is 0 Å². The third-order valence-corrected chi connectivity index (χ3v) is 3.03. The molecule has 0 fully saturated rings. The standard InChI is InChI=1S/C13H27N3/c1-6-8-9-12-15(13(3,4)5)11-14-16(12)10-7-2/h11-12H,6-10H2,1-5H3. The summed E-state index contributed by atoms with van der Waals surface area (Å²) in [5.41, 5.74) is 0.171. The van der Waals surface area contributed by atoms with Crippen molar-refractivity contribution < 1.29 is 0 Å². The smallest absolute Gasteiger partial charge is 0.119 e. The molecule has 16 heavy (non-hydrogen) atoms. The Morgan fingerprint density at radius 3 is 2.38 bits per heavy atom. The van der Waals surface area contributed by atoms with Gasteiger partial charge in [-0.25, -0.2) is 0 Å². The zero-order valence-corrected chi connectivity index (χ0v) is 11.5. The minimum absolute atomic E-state index is 0.171. The van der Waals surface area contributed by atoms with Crippen LogP contribution in [0.15, 0.2) is 5.10 Å². The van der Waals surface area contributed by atoms with E-state index in [1.807, 2.05) is 6.34 Å². The summed E-state index contributed by atoms with van der Waals surface area (Å²) in [4.78, 5) is 2.40. The first-order chi connectivity index (χ1) is 7.50. The van der Waals surface area contributed by atoms with E-state index in [0.29, 0.717) is 6.17 Å². The van der Waals surface area contributed by atoms with E-state index >= 15 is 0 Å². The average molecular weight is 225 g/mol. The van der Waals surface area contributed by atoms with Crippen LogP contribution in [0.5, 0.6) is 0 Å². The maximum Gasteiger partial charge on any atom is 0.119 e. The summed E-state index contributed by atoms with van der Waals surface area (Å²) in [6.45, 7) is 12.3. The van der Waals surface area contributed by atoms with Crippen molar-refractivity contribution in [1.29, 1.82) is 0 Å². The van der Waals surface area contributed by atoms with Crippen LogP contribution in [-0.2, 0) is 0 Å². The first-order valence-electron chi connectivity index (χ1n) is 6.60. The minimum Gasteiger partial charge on any atom is -0.335 e. The Morgan fingerprint density at radius 1 is 1.19 bits per heavy atom. The zero-order valence-electron chi connectivity index (χ0n) is 11.5. The molecule has 0 amide bonds. The topological polar surface area (TPSA) is 18.8 Å². The van der Waals surface area contributed by atoms with Gasteiger partial charge in [0.25, 0.3) is 0 Å². The van der Waals surface area contributed by atoms with Gasteiger partial charge in [-0.05, 0) is 40.0 Å². The molecule has 0 aromatic rings. The molecule has 0 bridgehead atoms. The van der Waals surface area contributed by atoms with E-state index in [-0.39, 0.29) is 5.54 Å². The molecule has 0 N–H and O–H groups in total. The van der Waals surface area contributed by atoms with E-state index < -0.39 is 0 Å². The normalized spacial score (nSPS) is 20.9. The van der Waals surface area contributed by atoms with E-state index in [1.165, 1.54) is 19.3 Å². The van der Waals surface area contributed by atoms with Gasteiger partial charge in [-0.15, -0.1) is 0 Å². The largest absolute Gasteiger partial charge is 0.335 e. The fourth-order valence-electron chi connectivity index (χ4n) is 2.15. The molecule has 0 aliphatic carbocycles. The van der Waals surface area contributed by atoms with E-state index in [9.17, 15) is 0 Å². The fraction of sp³-hybridized carbons (Fsp3) is 0.923. The maximum absolute atomic E-state index is 4.54. The van der Waals surface area contributed by atoms with Gasteiger partial charge in [0.1, 0.15) is 12.5 Å². The third-order valence-electron chi connectivity index (χ3n) is 3.03. The summed E-state index contributed by atoms with van der Waals surface area (Å²) < 4.78 is 0. The molecule has 1 heterocycles. The Bertz CT molecular complexity index is 230. The molecular weight excluding hydrogens is 198 g/mol. The van der Waals surface area contributed by atoms with E-state index in [2.05, 4.69) is 49.6 Å². The molecule has 1 aliphatic rings. The summed E-state index contributed by atoms with van der Waals surface area (Å²) in [6, 6.07) is 0. The van der Waals surface area contributed by atoms with Crippen LogP contribution >= 0.6 is 0 Å². The molecule has 1 atom stereocenters. The molecule has 1 rings (SSSR count). The van der Waals surface area contributed by atoms with Crippen LogP contribution in [0.2, 0.25) is 0 Å². The molecule has 94 valence electrons. The van der Waals surface area contributed by atoms with Crippen LogP contribution < -0.4 is 0 Å². The molecule has 0 aromatic carbocycles. The van der Waals surface area contributed by atoms with Crippen LogP contribution in [0, 0.1) is 0 Å². The second-order valence-electron chi connectivity index (χ2n) is 5.59. The number of hydrazone groups is 1. The first kappa shape index (κ1) is 13.3. The predicted octanol–water partition coefficient (Wildman–Crippen LogP) is 3.27. The van der Waals surface area contributed by atoms with Crippen molar-refractivity contribution in [2.24, 2.45) is 5.10 Å². The maximum atomic E-state index is 4.54. The van der Waals surface area contributed by atoms with Gasteiger partial charge in [0.05, 0.1) is 0 Å². The molecule has 1 aliphatic heterocycles. The van der Waals surface area contributed by atoms with Crippen LogP contribution in [0.25, 0.3) is 0 Å². The van der Waals surface area contributed by atoms with E-state index in [0.717, 1.165) is 13.0 Å². The lowest BCUT2D eigenvalue weighted by Crippen LogP contribution is -2.49. The SMILES string of the molecule is CCCCC1N(CCC)N=CN1C(C)(C)C. The number of nitrogens with zero attached hydrogens (tertiary/aromatic N) is 3. The molecule has 0 saturated heterocycles. The van der Waals surface area contributed by atoms with Crippen molar-refractivity contribution in [1.82, 2.24) is 9.91 Å². The monoisotopic (exact) mass is 225 g/mol. The van der Waals surface area contributed by atoms with Gasteiger partial charge in [-0.3, -0.25) is 5.01 Å². The van der Waals surface area contributed by atoms with Crippen LogP contribution in [0.4, 0.5) is 0 Å². The van der Waals surface area contributed by atoms with Crippen molar-refractivity contribution in [3.63, 3.8) is 0 Å². The Labute approximate surface area is 100 Å². The highest BCUT2D eigenvalue weighted by atomic mass is 15.6. The fourth-order valence-corrected chi connectivity index (χ4v) is 2.15. The molecule has 0 spiro atoms. The summed E-state index contributed by atoms with van der Waals surface area (Å²) in [7, 11) is 0. The lowest BCUT2D eigenvalue weighted by Gasteiger charge is -2.39. The highest BCUT2D eigenvalue weighted by Crippen LogP contribution is 2.25. The molecular formula is C13H27N3. The quantitative estimate of drug-likeness (QED) is 0.715. The second-order valence-corrected chi connectivity index (χ2v) is 5.59. The predicted molar refractivity (Wildman–Crippen MR) is 70.4 cm³/mol. The van der Waals surface area contributed by atoms with Crippen molar-refractivity contribution in [2.75, 3.05) is 6.54 Å².